The van der Waals surface area contributed by atoms with Gasteiger partial charge in [0.1, 0.15) is 12.1 Å². The van der Waals surface area contributed by atoms with Crippen LogP contribution in [0.3, 0.4) is 0 Å². The number of piperidine rings is 1. The molecule has 0 aromatic heterocycles. The molecule has 2 rings (SSSR count). The normalized spacial score (nSPS) is 36.2. The molecule has 1 N–H and O–H groups in total. The van der Waals surface area contributed by atoms with Crippen LogP contribution in [0, 0.1) is 17.8 Å². The summed E-state index contributed by atoms with van der Waals surface area (Å²) in [7, 11) is 0. The van der Waals surface area contributed by atoms with E-state index in [1.54, 1.807) is 6.08 Å². The van der Waals surface area contributed by atoms with Gasteiger partial charge in [0.2, 0.25) is 0 Å². The monoisotopic (exact) mass is 221 g/mol. The number of hydrogen-bond acceptors (Lipinski definition) is 3. The minimum absolute atomic E-state index is 0.137. The number of fused-ring (bicyclic) bond motifs is 1. The first-order valence-corrected chi connectivity index (χ1v) is 6.10. The zero-order valence-electron chi connectivity index (χ0n) is 9.52. The number of carbonyl (C=O) groups is 2. The fourth-order valence-electron chi connectivity index (χ4n) is 3.04. The highest BCUT2D eigenvalue weighted by Crippen LogP contribution is 2.34. The Labute approximate surface area is 96.3 Å². The van der Waals surface area contributed by atoms with Crippen LogP contribution in [-0.4, -0.2) is 24.7 Å². The summed E-state index contributed by atoms with van der Waals surface area (Å²) in [4.78, 5) is 22.9. The molecule has 0 bridgehead atoms. The summed E-state index contributed by atoms with van der Waals surface area (Å²) in [5.41, 5.74) is 0. The summed E-state index contributed by atoms with van der Waals surface area (Å²) in [6.07, 6.45) is 6.23. The lowest BCUT2D eigenvalue weighted by molar-refractivity contribution is -0.131. The van der Waals surface area contributed by atoms with E-state index in [1.165, 1.54) is 0 Å². The molecule has 4 unspecified atom stereocenters. The molecule has 1 saturated carbocycles. The van der Waals surface area contributed by atoms with Gasteiger partial charge in [0.05, 0.1) is 0 Å². The van der Waals surface area contributed by atoms with Crippen molar-refractivity contribution in [1.29, 1.82) is 0 Å². The molecule has 16 heavy (non-hydrogen) atoms. The lowest BCUT2D eigenvalue weighted by Gasteiger charge is -2.40. The molecule has 0 amide bonds. The highest BCUT2D eigenvalue weighted by Gasteiger charge is 2.39. The van der Waals surface area contributed by atoms with Crippen molar-refractivity contribution in [3.63, 3.8) is 0 Å². The summed E-state index contributed by atoms with van der Waals surface area (Å²) in [5.74, 6) is 0.315. The van der Waals surface area contributed by atoms with Gasteiger partial charge in [0.25, 0.3) is 0 Å². The molecule has 0 spiro atoms. The molecule has 4 atom stereocenters. The first kappa shape index (κ1) is 11.5. The summed E-state index contributed by atoms with van der Waals surface area (Å²) in [6.45, 7) is 4.69. The van der Waals surface area contributed by atoms with E-state index in [-0.39, 0.29) is 17.6 Å². The molecule has 2 fully saturated rings. The predicted octanol–water partition coefficient (Wildman–Crippen LogP) is 1.33. The third-order valence-electron chi connectivity index (χ3n) is 4.01. The van der Waals surface area contributed by atoms with Crippen LogP contribution in [0.15, 0.2) is 12.7 Å². The zero-order valence-corrected chi connectivity index (χ0v) is 9.52. The van der Waals surface area contributed by atoms with Gasteiger partial charge in [-0.15, -0.1) is 6.58 Å². The van der Waals surface area contributed by atoms with Crippen molar-refractivity contribution in [3.05, 3.63) is 12.7 Å². The van der Waals surface area contributed by atoms with E-state index < -0.39 is 0 Å². The van der Waals surface area contributed by atoms with Gasteiger partial charge in [0, 0.05) is 24.3 Å². The highest BCUT2D eigenvalue weighted by atomic mass is 16.1. The van der Waals surface area contributed by atoms with Crippen LogP contribution < -0.4 is 5.32 Å². The fraction of sp³-hybridized carbons (Fsp3) is 0.692. The van der Waals surface area contributed by atoms with Gasteiger partial charge < -0.3 is 10.1 Å². The second-order valence-electron chi connectivity index (χ2n) is 4.92. The molecule has 1 saturated heterocycles. The number of hydrogen-bond donors (Lipinski definition) is 1. The third kappa shape index (κ3) is 2.09. The maximum absolute atomic E-state index is 12.0. The summed E-state index contributed by atoms with van der Waals surface area (Å²) >= 11 is 0. The van der Waals surface area contributed by atoms with Gasteiger partial charge in [-0.25, -0.2) is 0 Å². The Morgan fingerprint density at radius 1 is 1.50 bits per heavy atom. The van der Waals surface area contributed by atoms with Gasteiger partial charge in [-0.3, -0.25) is 4.79 Å². The smallest absolute Gasteiger partial charge is 0.137 e. The topological polar surface area (TPSA) is 46.2 Å². The van der Waals surface area contributed by atoms with E-state index in [2.05, 4.69) is 11.9 Å². The van der Waals surface area contributed by atoms with E-state index in [0.29, 0.717) is 18.4 Å². The van der Waals surface area contributed by atoms with Crippen LogP contribution in [-0.2, 0) is 9.59 Å². The van der Waals surface area contributed by atoms with Crippen molar-refractivity contribution >= 4 is 12.1 Å². The van der Waals surface area contributed by atoms with Gasteiger partial charge >= 0.3 is 0 Å². The van der Waals surface area contributed by atoms with Gasteiger partial charge in [0.15, 0.2) is 0 Å². The molecular weight excluding hydrogens is 202 g/mol. The Balaban J connectivity index is 2.08. The number of Topliss-reactive ketones (excluding diaryl/α,β-unsaturated/α-hetero) is 1. The molecule has 0 aromatic rings. The van der Waals surface area contributed by atoms with E-state index in [1.807, 2.05) is 0 Å². The van der Waals surface area contributed by atoms with Crippen LogP contribution in [0.1, 0.15) is 25.7 Å². The van der Waals surface area contributed by atoms with E-state index in [0.717, 1.165) is 32.1 Å². The second-order valence-corrected chi connectivity index (χ2v) is 4.92. The van der Waals surface area contributed by atoms with Crippen molar-refractivity contribution < 1.29 is 9.59 Å². The minimum Gasteiger partial charge on any atom is -0.314 e. The zero-order chi connectivity index (χ0) is 11.5. The first-order valence-electron chi connectivity index (χ1n) is 6.10. The number of allylic oxidation sites excluding steroid dienone is 1. The van der Waals surface area contributed by atoms with Crippen LogP contribution in [0.4, 0.5) is 0 Å². The van der Waals surface area contributed by atoms with E-state index in [9.17, 15) is 9.59 Å². The quantitative estimate of drug-likeness (QED) is 0.578. The molecule has 3 heteroatoms. The molecule has 0 radical (unpaired) electrons. The predicted molar refractivity (Wildman–Crippen MR) is 62.0 cm³/mol. The number of nitrogens with one attached hydrogen (secondary N) is 1. The van der Waals surface area contributed by atoms with Crippen LogP contribution in [0.25, 0.3) is 0 Å². The first-order chi connectivity index (χ1) is 7.76. The Kier molecular flexibility index (Phi) is 3.54. The van der Waals surface area contributed by atoms with Gasteiger partial charge in [-0.1, -0.05) is 6.08 Å². The molecule has 1 aliphatic carbocycles. The average Bonchev–Trinajstić information content (AvgIpc) is 2.31. The minimum atomic E-state index is -0.294. The Morgan fingerprint density at radius 2 is 2.31 bits per heavy atom. The van der Waals surface area contributed by atoms with Crippen LogP contribution in [0.2, 0.25) is 0 Å². The molecule has 3 nitrogen and oxygen atoms in total. The van der Waals surface area contributed by atoms with Crippen molar-refractivity contribution in [2.45, 2.75) is 31.7 Å². The number of aldehydes is 1. The van der Waals surface area contributed by atoms with Crippen molar-refractivity contribution in [3.8, 4) is 0 Å². The summed E-state index contributed by atoms with van der Waals surface area (Å²) < 4.78 is 0. The highest BCUT2D eigenvalue weighted by molar-refractivity contribution is 5.85. The Bertz CT molecular complexity index is 292. The summed E-state index contributed by atoms with van der Waals surface area (Å²) in [6, 6.07) is 0.429. The van der Waals surface area contributed by atoms with Crippen molar-refractivity contribution in [2.24, 2.45) is 17.8 Å². The number of ketones is 1. The fourth-order valence-corrected chi connectivity index (χ4v) is 3.04. The summed E-state index contributed by atoms with van der Waals surface area (Å²) in [5, 5.41) is 3.47. The van der Waals surface area contributed by atoms with Crippen LogP contribution >= 0.6 is 0 Å². The maximum Gasteiger partial charge on any atom is 0.137 e. The van der Waals surface area contributed by atoms with Gasteiger partial charge in [-0.2, -0.15) is 0 Å². The van der Waals surface area contributed by atoms with E-state index >= 15 is 0 Å². The van der Waals surface area contributed by atoms with Crippen LogP contribution in [0.5, 0.6) is 0 Å². The average molecular weight is 221 g/mol. The van der Waals surface area contributed by atoms with Gasteiger partial charge in [-0.05, 0) is 31.7 Å². The van der Waals surface area contributed by atoms with Crippen molar-refractivity contribution in [2.75, 3.05) is 6.54 Å². The van der Waals surface area contributed by atoms with E-state index in [4.69, 9.17) is 0 Å². The molecule has 0 aromatic carbocycles. The molecule has 2 aliphatic rings. The lowest BCUT2D eigenvalue weighted by atomic mass is 9.70. The lowest BCUT2D eigenvalue weighted by Crippen LogP contribution is -2.49. The molecule has 1 heterocycles. The third-order valence-corrected chi connectivity index (χ3v) is 4.01. The second kappa shape index (κ2) is 4.91. The van der Waals surface area contributed by atoms with Crippen molar-refractivity contribution in [1.82, 2.24) is 5.32 Å². The molecule has 1 aliphatic heterocycles. The number of carbonyl (C=O) groups excluding carboxylic acids is 2. The Hall–Kier alpha value is -0.960. The number of rotatable bonds is 3. The molecular formula is C13H19NO2. The largest absolute Gasteiger partial charge is 0.314 e. The maximum atomic E-state index is 12.0. The standard InChI is InChI=1S/C13H19NO2/c1-2-9(8-15)11-7-12-10(6-13(11)16)4-3-5-14-12/h2,8-12,14H,1,3-7H2. The molecule has 88 valence electrons. The SMILES string of the molecule is C=CC(C=O)C1CC2NCCCC2CC1=O. The Morgan fingerprint density at radius 3 is 3.00 bits per heavy atom.